The molecule has 2 heterocycles. The predicted molar refractivity (Wildman–Crippen MR) is 124 cm³/mol. The van der Waals surface area contributed by atoms with E-state index in [1.54, 1.807) is 21.3 Å². The fourth-order valence-electron chi connectivity index (χ4n) is 4.21. The summed E-state index contributed by atoms with van der Waals surface area (Å²) in [6.45, 7) is 1.53. The van der Waals surface area contributed by atoms with Crippen LogP contribution in [-0.2, 0) is 0 Å². The van der Waals surface area contributed by atoms with E-state index in [0.717, 1.165) is 57.7 Å². The monoisotopic (exact) mass is 431 g/mol. The zero-order chi connectivity index (χ0) is 22.1. The van der Waals surface area contributed by atoms with E-state index >= 15 is 0 Å². The van der Waals surface area contributed by atoms with E-state index in [2.05, 4.69) is 33.1 Å². The molecule has 32 heavy (non-hydrogen) atoms. The van der Waals surface area contributed by atoms with Crippen molar-refractivity contribution < 1.29 is 18.9 Å². The van der Waals surface area contributed by atoms with Gasteiger partial charge in [-0.25, -0.2) is 0 Å². The van der Waals surface area contributed by atoms with E-state index in [1.807, 2.05) is 36.4 Å². The van der Waals surface area contributed by atoms with Gasteiger partial charge in [0, 0.05) is 13.0 Å². The van der Waals surface area contributed by atoms with Crippen molar-refractivity contribution in [2.24, 2.45) is 0 Å². The third-order valence-corrected chi connectivity index (χ3v) is 5.81. The van der Waals surface area contributed by atoms with Gasteiger partial charge in [0.25, 0.3) is 0 Å². The van der Waals surface area contributed by atoms with Crippen molar-refractivity contribution in [3.8, 4) is 23.3 Å². The molecule has 5 rings (SSSR count). The lowest BCUT2D eigenvalue weighted by atomic mass is 10.1. The highest BCUT2D eigenvalue weighted by molar-refractivity contribution is 5.95. The van der Waals surface area contributed by atoms with Crippen molar-refractivity contribution >= 4 is 27.5 Å². The van der Waals surface area contributed by atoms with Crippen molar-refractivity contribution in [1.29, 1.82) is 0 Å². The summed E-state index contributed by atoms with van der Waals surface area (Å²) in [7, 11) is 4.92. The average molecular weight is 431 g/mol. The number of ether oxygens (including phenoxy) is 4. The van der Waals surface area contributed by atoms with Crippen LogP contribution < -0.4 is 23.8 Å². The van der Waals surface area contributed by atoms with Gasteiger partial charge in [-0.3, -0.25) is 0 Å². The van der Waals surface area contributed by atoms with E-state index in [0.29, 0.717) is 12.6 Å². The van der Waals surface area contributed by atoms with Crippen molar-refractivity contribution in [2.45, 2.75) is 12.5 Å². The van der Waals surface area contributed by atoms with E-state index in [-0.39, 0.29) is 6.10 Å². The number of hydrogen-bond acceptors (Lipinski definition) is 7. The molecule has 7 heteroatoms. The molecule has 164 valence electrons. The second kappa shape index (κ2) is 8.42. The minimum atomic E-state index is 0.0452. The van der Waals surface area contributed by atoms with Gasteiger partial charge < -0.3 is 23.8 Å². The number of rotatable bonds is 6. The third kappa shape index (κ3) is 3.70. The lowest BCUT2D eigenvalue weighted by Gasteiger charge is -2.21. The zero-order valence-corrected chi connectivity index (χ0v) is 18.4. The minimum Gasteiger partial charge on any atom is -0.497 e. The summed E-state index contributed by atoms with van der Waals surface area (Å²) >= 11 is 0. The van der Waals surface area contributed by atoms with Gasteiger partial charge in [0.1, 0.15) is 29.2 Å². The first-order valence-electron chi connectivity index (χ1n) is 10.6. The molecule has 1 atom stereocenters. The quantitative estimate of drug-likeness (QED) is 0.446. The van der Waals surface area contributed by atoms with Crippen LogP contribution in [0.3, 0.4) is 0 Å². The number of aromatic nitrogens is 2. The number of anilines is 1. The number of benzene rings is 3. The molecule has 0 saturated carbocycles. The maximum atomic E-state index is 6.35. The van der Waals surface area contributed by atoms with E-state index in [4.69, 9.17) is 18.9 Å². The van der Waals surface area contributed by atoms with Gasteiger partial charge in [-0.15, -0.1) is 0 Å². The molecule has 7 nitrogen and oxygen atoms in total. The van der Waals surface area contributed by atoms with Gasteiger partial charge in [-0.05, 0) is 47.2 Å². The Balaban J connectivity index is 1.41. The molecule has 0 bridgehead atoms. The van der Waals surface area contributed by atoms with Crippen LogP contribution in [0.15, 0.2) is 54.6 Å². The van der Waals surface area contributed by atoms with E-state index in [1.165, 1.54) is 0 Å². The van der Waals surface area contributed by atoms with Crippen LogP contribution in [-0.4, -0.2) is 50.5 Å². The predicted octanol–water partition coefficient (Wildman–Crippen LogP) is 4.47. The van der Waals surface area contributed by atoms with E-state index in [9.17, 15) is 0 Å². The molecular weight excluding hydrogens is 406 g/mol. The first-order valence-corrected chi connectivity index (χ1v) is 10.6. The van der Waals surface area contributed by atoms with Crippen LogP contribution in [0.1, 0.15) is 6.42 Å². The smallest absolute Gasteiger partial charge is 0.318 e. The van der Waals surface area contributed by atoms with Crippen LogP contribution >= 0.6 is 0 Å². The summed E-state index contributed by atoms with van der Waals surface area (Å²) in [6.07, 6.45) is 0.933. The molecule has 0 aliphatic carbocycles. The van der Waals surface area contributed by atoms with Gasteiger partial charge in [0.05, 0.1) is 38.8 Å². The molecule has 4 aromatic rings. The first-order chi connectivity index (χ1) is 15.7. The van der Waals surface area contributed by atoms with Crippen LogP contribution in [0.5, 0.6) is 23.3 Å². The van der Waals surface area contributed by atoms with Gasteiger partial charge in [0.15, 0.2) is 0 Å². The largest absolute Gasteiger partial charge is 0.497 e. The molecule has 0 N–H and O–H groups in total. The summed E-state index contributed by atoms with van der Waals surface area (Å²) in [5, 5.41) is 3.13. The number of fused-ring (bicyclic) bond motifs is 2. The Morgan fingerprint density at radius 2 is 1.66 bits per heavy atom. The molecule has 0 amide bonds. The van der Waals surface area contributed by atoms with Crippen LogP contribution in [0.25, 0.3) is 21.7 Å². The Morgan fingerprint density at radius 3 is 2.44 bits per heavy atom. The van der Waals surface area contributed by atoms with Gasteiger partial charge >= 0.3 is 6.01 Å². The zero-order valence-electron chi connectivity index (χ0n) is 18.4. The maximum Gasteiger partial charge on any atom is 0.318 e. The average Bonchev–Trinajstić information content (AvgIpc) is 3.30. The standard InChI is InChI=1S/C25H25N3O4/c1-29-18-9-7-16-8-10-19(14-17(16)13-18)32-20-11-12-28(15-20)24-23-21(26-25(27-24)31-3)5-4-6-22(23)30-2/h4-10,13-14,20H,11-12,15H2,1-3H3. The summed E-state index contributed by atoms with van der Waals surface area (Å²) in [5.74, 6) is 3.23. The molecule has 1 unspecified atom stereocenters. The van der Waals surface area contributed by atoms with Gasteiger partial charge in [-0.1, -0.05) is 18.2 Å². The molecule has 1 fully saturated rings. The van der Waals surface area contributed by atoms with Crippen LogP contribution in [0, 0.1) is 0 Å². The second-order valence-electron chi connectivity index (χ2n) is 7.74. The summed E-state index contributed by atoms with van der Waals surface area (Å²) < 4.78 is 22.6. The highest BCUT2D eigenvalue weighted by Gasteiger charge is 2.28. The van der Waals surface area contributed by atoms with Crippen LogP contribution in [0.2, 0.25) is 0 Å². The lowest BCUT2D eigenvalue weighted by molar-refractivity contribution is 0.225. The number of methoxy groups -OCH3 is 3. The first kappa shape index (κ1) is 20.2. The van der Waals surface area contributed by atoms with Crippen molar-refractivity contribution in [2.75, 3.05) is 39.3 Å². The number of nitrogens with zero attached hydrogens (tertiary/aromatic N) is 3. The van der Waals surface area contributed by atoms with Crippen molar-refractivity contribution in [3.05, 3.63) is 54.6 Å². The molecule has 1 aromatic heterocycles. The van der Waals surface area contributed by atoms with Gasteiger partial charge in [0.2, 0.25) is 0 Å². The Labute approximate surface area is 186 Å². The molecule has 1 aliphatic heterocycles. The fourth-order valence-corrected chi connectivity index (χ4v) is 4.21. The Bertz CT molecular complexity index is 1280. The lowest BCUT2D eigenvalue weighted by Crippen LogP contribution is -2.25. The minimum absolute atomic E-state index is 0.0452. The molecule has 1 aliphatic rings. The van der Waals surface area contributed by atoms with Crippen molar-refractivity contribution in [3.63, 3.8) is 0 Å². The second-order valence-corrected chi connectivity index (χ2v) is 7.74. The molecular formula is C25H25N3O4. The van der Waals surface area contributed by atoms with Crippen molar-refractivity contribution in [1.82, 2.24) is 9.97 Å². The Kier molecular flexibility index (Phi) is 5.31. The summed E-state index contributed by atoms with van der Waals surface area (Å²) in [6, 6.07) is 18.3. The highest BCUT2D eigenvalue weighted by Crippen LogP contribution is 2.36. The molecule has 1 saturated heterocycles. The van der Waals surface area contributed by atoms with Crippen LogP contribution in [0.4, 0.5) is 5.82 Å². The maximum absolute atomic E-state index is 6.35. The van der Waals surface area contributed by atoms with Gasteiger partial charge in [-0.2, -0.15) is 9.97 Å². The topological polar surface area (TPSA) is 65.9 Å². The molecule has 3 aromatic carbocycles. The Hall–Kier alpha value is -3.74. The normalized spacial score (nSPS) is 15.8. The molecule has 0 radical (unpaired) electrons. The SMILES string of the molecule is COc1ccc2ccc(OC3CCN(c4nc(OC)nc5cccc(OC)c45)C3)cc2c1. The summed E-state index contributed by atoms with van der Waals surface area (Å²) in [4.78, 5) is 11.3. The number of hydrogen-bond donors (Lipinski definition) is 0. The fraction of sp³-hybridized carbons (Fsp3) is 0.280. The molecule has 0 spiro atoms. The third-order valence-electron chi connectivity index (χ3n) is 5.81. The van der Waals surface area contributed by atoms with E-state index < -0.39 is 0 Å². The summed E-state index contributed by atoms with van der Waals surface area (Å²) in [5.41, 5.74) is 0.791. The Morgan fingerprint density at radius 1 is 0.844 bits per heavy atom. The highest BCUT2D eigenvalue weighted by atomic mass is 16.5.